The van der Waals surface area contributed by atoms with Crippen LogP contribution in [-0.4, -0.2) is 37.2 Å². The number of carbonyl (C=O) groups excluding carboxylic acids is 3. The van der Waals surface area contributed by atoms with Crippen LogP contribution in [0.1, 0.15) is 316 Å². The van der Waals surface area contributed by atoms with Crippen LogP contribution in [0.5, 0.6) is 0 Å². The molecule has 0 heterocycles. The van der Waals surface area contributed by atoms with Crippen molar-refractivity contribution < 1.29 is 28.6 Å². The minimum absolute atomic E-state index is 0.0749. The van der Waals surface area contributed by atoms with E-state index in [1.54, 1.807) is 0 Å². The van der Waals surface area contributed by atoms with E-state index in [9.17, 15) is 14.4 Å². The van der Waals surface area contributed by atoms with Crippen LogP contribution in [0.3, 0.4) is 0 Å². The van der Waals surface area contributed by atoms with Gasteiger partial charge in [0.05, 0.1) is 0 Å². The zero-order valence-corrected chi connectivity index (χ0v) is 48.4. The van der Waals surface area contributed by atoms with Gasteiger partial charge in [0, 0.05) is 19.3 Å². The first-order valence-corrected chi connectivity index (χ1v) is 31.4. The molecule has 0 spiro atoms. The third-order valence-electron chi connectivity index (χ3n) is 13.7. The van der Waals surface area contributed by atoms with Gasteiger partial charge in [-0.25, -0.2) is 0 Å². The van der Waals surface area contributed by atoms with Gasteiger partial charge >= 0.3 is 17.9 Å². The summed E-state index contributed by atoms with van der Waals surface area (Å²) in [5.74, 6) is -0.874. The number of ether oxygens (including phenoxy) is 3. The zero-order chi connectivity index (χ0) is 52.9. The summed E-state index contributed by atoms with van der Waals surface area (Å²) in [6.45, 7) is 6.51. The molecule has 0 aliphatic rings. The van der Waals surface area contributed by atoms with Gasteiger partial charge in [0.2, 0.25) is 0 Å². The number of rotatable bonds is 57. The summed E-state index contributed by atoms with van der Waals surface area (Å²) >= 11 is 0. The molecule has 0 radical (unpaired) electrons. The fraction of sp³-hybridized carbons (Fsp3) is 0.776. The van der Waals surface area contributed by atoms with Crippen LogP contribution < -0.4 is 0 Å². The van der Waals surface area contributed by atoms with Crippen molar-refractivity contribution in [3.05, 3.63) is 72.9 Å². The molecule has 0 saturated carbocycles. The van der Waals surface area contributed by atoms with E-state index in [-0.39, 0.29) is 31.1 Å². The molecule has 0 rings (SSSR count). The zero-order valence-electron chi connectivity index (χ0n) is 48.4. The summed E-state index contributed by atoms with van der Waals surface area (Å²) in [6, 6.07) is 0. The van der Waals surface area contributed by atoms with Crippen molar-refractivity contribution in [3.63, 3.8) is 0 Å². The lowest BCUT2D eigenvalue weighted by atomic mass is 10.0. The number of unbranched alkanes of at least 4 members (excludes halogenated alkanes) is 34. The fourth-order valence-corrected chi connectivity index (χ4v) is 9.00. The Kier molecular flexibility index (Phi) is 58.7. The summed E-state index contributed by atoms with van der Waals surface area (Å²) in [6.07, 6.45) is 79.3. The van der Waals surface area contributed by atoms with E-state index in [1.807, 2.05) is 0 Å². The van der Waals surface area contributed by atoms with Gasteiger partial charge in [0.15, 0.2) is 6.10 Å². The van der Waals surface area contributed by atoms with Gasteiger partial charge in [-0.3, -0.25) is 14.4 Å². The molecular formula is C67H118O6. The lowest BCUT2D eigenvalue weighted by molar-refractivity contribution is -0.167. The molecule has 0 aromatic heterocycles. The third kappa shape index (κ3) is 59.6. The molecule has 1 unspecified atom stereocenters. The second kappa shape index (κ2) is 61.4. The van der Waals surface area contributed by atoms with Gasteiger partial charge in [0.25, 0.3) is 0 Å². The van der Waals surface area contributed by atoms with Gasteiger partial charge < -0.3 is 14.2 Å². The molecule has 6 heteroatoms. The van der Waals surface area contributed by atoms with E-state index in [4.69, 9.17) is 14.2 Å². The van der Waals surface area contributed by atoms with Crippen molar-refractivity contribution in [1.82, 2.24) is 0 Å². The van der Waals surface area contributed by atoms with Crippen LogP contribution in [0.25, 0.3) is 0 Å². The molecular weight excluding hydrogens is 901 g/mol. The highest BCUT2D eigenvalue weighted by Crippen LogP contribution is 2.17. The van der Waals surface area contributed by atoms with E-state index in [2.05, 4.69) is 93.7 Å². The summed E-state index contributed by atoms with van der Waals surface area (Å²) in [7, 11) is 0. The smallest absolute Gasteiger partial charge is 0.306 e. The number of hydrogen-bond acceptors (Lipinski definition) is 6. The van der Waals surface area contributed by atoms with Crippen LogP contribution in [-0.2, 0) is 28.6 Å². The average molecular weight is 1020 g/mol. The van der Waals surface area contributed by atoms with Crippen LogP contribution >= 0.6 is 0 Å². The van der Waals surface area contributed by atoms with Crippen molar-refractivity contribution in [1.29, 1.82) is 0 Å². The molecule has 0 aliphatic carbocycles. The summed E-state index contributed by atoms with van der Waals surface area (Å²) in [5, 5.41) is 0. The predicted octanol–water partition coefficient (Wildman–Crippen LogP) is 21.3. The minimum Gasteiger partial charge on any atom is -0.462 e. The van der Waals surface area contributed by atoms with Gasteiger partial charge in [-0.05, 0) is 89.9 Å². The molecule has 0 N–H and O–H groups in total. The highest BCUT2D eigenvalue weighted by atomic mass is 16.6. The maximum absolute atomic E-state index is 12.8. The van der Waals surface area contributed by atoms with Crippen LogP contribution in [0.2, 0.25) is 0 Å². The number of esters is 3. The first kappa shape index (κ1) is 69.8. The predicted molar refractivity (Wildman–Crippen MR) is 316 cm³/mol. The van der Waals surface area contributed by atoms with E-state index in [1.165, 1.54) is 180 Å². The first-order chi connectivity index (χ1) is 36.0. The lowest BCUT2D eigenvalue weighted by Gasteiger charge is -2.18. The topological polar surface area (TPSA) is 78.9 Å². The summed E-state index contributed by atoms with van der Waals surface area (Å²) in [4.78, 5) is 38.1. The average Bonchev–Trinajstić information content (AvgIpc) is 3.39. The van der Waals surface area contributed by atoms with Crippen LogP contribution in [0, 0.1) is 0 Å². The summed E-state index contributed by atoms with van der Waals surface area (Å²) < 4.78 is 16.8. The Hall–Kier alpha value is -3.15. The second-order valence-electron chi connectivity index (χ2n) is 20.9. The Morgan fingerprint density at radius 1 is 0.288 bits per heavy atom. The fourth-order valence-electron chi connectivity index (χ4n) is 9.00. The molecule has 0 bridgehead atoms. The molecule has 0 aliphatic heterocycles. The molecule has 422 valence electrons. The Labute approximate surface area is 453 Å². The second-order valence-corrected chi connectivity index (χ2v) is 20.9. The van der Waals surface area contributed by atoms with E-state index in [0.29, 0.717) is 19.3 Å². The Morgan fingerprint density at radius 2 is 0.534 bits per heavy atom. The Bertz CT molecular complexity index is 1360. The quantitative estimate of drug-likeness (QED) is 0.0261. The molecule has 0 aromatic rings. The monoisotopic (exact) mass is 1020 g/mol. The number of allylic oxidation sites excluding steroid dienone is 12. The maximum Gasteiger partial charge on any atom is 0.306 e. The van der Waals surface area contributed by atoms with E-state index in [0.717, 1.165) is 96.3 Å². The van der Waals surface area contributed by atoms with Gasteiger partial charge in [-0.15, -0.1) is 0 Å². The standard InChI is InChI=1S/C67H118O6/c1-4-7-10-13-16-19-21-23-25-27-29-30-31-32-33-34-35-36-37-38-39-41-42-44-46-48-51-54-57-60-66(69)72-63-64(62-71-65(68)59-56-53-50-18-15-12-9-6-3)73-67(70)61-58-55-52-49-47-45-43-40-28-26-24-22-20-17-14-11-8-5-2/h7,10,16,19-20,22-23,25-26,28-30,64H,4-6,8-9,11-15,17-18,21,24,27,31-63H2,1-3H3/b10-7-,19-16-,22-20-,25-23-,28-26-,30-29-. The van der Waals surface area contributed by atoms with Gasteiger partial charge in [-0.1, -0.05) is 280 Å². The molecule has 0 aromatic carbocycles. The van der Waals surface area contributed by atoms with Crippen molar-refractivity contribution in [2.24, 2.45) is 0 Å². The Morgan fingerprint density at radius 3 is 0.849 bits per heavy atom. The van der Waals surface area contributed by atoms with Gasteiger partial charge in [0.1, 0.15) is 13.2 Å². The lowest BCUT2D eigenvalue weighted by Crippen LogP contribution is -2.30. The van der Waals surface area contributed by atoms with Crippen molar-refractivity contribution in [2.75, 3.05) is 13.2 Å². The van der Waals surface area contributed by atoms with Crippen molar-refractivity contribution >= 4 is 17.9 Å². The van der Waals surface area contributed by atoms with Crippen LogP contribution in [0.4, 0.5) is 0 Å². The largest absolute Gasteiger partial charge is 0.462 e. The first-order valence-electron chi connectivity index (χ1n) is 31.4. The van der Waals surface area contributed by atoms with Crippen molar-refractivity contribution in [3.8, 4) is 0 Å². The van der Waals surface area contributed by atoms with Crippen molar-refractivity contribution in [2.45, 2.75) is 322 Å². The number of carbonyl (C=O) groups is 3. The van der Waals surface area contributed by atoms with Gasteiger partial charge in [-0.2, -0.15) is 0 Å². The SMILES string of the molecule is CC/C=C\C/C=C\C/C=C\C/C=C\CCCCCCCCCCCCCCCCCCC(=O)OCC(COC(=O)CCCCCCCCCC)OC(=O)CCCCCCCCC/C=C\C/C=C\CCCCCC. The van der Waals surface area contributed by atoms with E-state index < -0.39 is 6.10 Å². The molecule has 73 heavy (non-hydrogen) atoms. The third-order valence-corrected chi connectivity index (χ3v) is 13.7. The molecule has 0 saturated heterocycles. The molecule has 6 nitrogen and oxygen atoms in total. The normalized spacial score (nSPS) is 12.5. The highest BCUT2D eigenvalue weighted by molar-refractivity contribution is 5.71. The molecule has 0 fully saturated rings. The molecule has 1 atom stereocenters. The minimum atomic E-state index is -0.776. The van der Waals surface area contributed by atoms with Crippen LogP contribution in [0.15, 0.2) is 72.9 Å². The number of hydrogen-bond donors (Lipinski definition) is 0. The Balaban J connectivity index is 4.12. The highest BCUT2D eigenvalue weighted by Gasteiger charge is 2.19. The van der Waals surface area contributed by atoms with E-state index >= 15 is 0 Å². The summed E-state index contributed by atoms with van der Waals surface area (Å²) in [5.41, 5.74) is 0. The maximum atomic E-state index is 12.8. The molecule has 0 amide bonds.